The number of hydrogen-bond donors (Lipinski definition) is 2. The van der Waals surface area contributed by atoms with Gasteiger partial charge in [-0.25, -0.2) is 10.8 Å². The van der Waals surface area contributed by atoms with E-state index in [0.29, 0.717) is 11.3 Å². The molecule has 15 heavy (non-hydrogen) atoms. The lowest BCUT2D eigenvalue weighted by Gasteiger charge is -2.33. The van der Waals surface area contributed by atoms with E-state index in [1.807, 2.05) is 20.8 Å². The summed E-state index contributed by atoms with van der Waals surface area (Å²) in [5.41, 5.74) is 0.984. The van der Waals surface area contributed by atoms with Crippen LogP contribution in [0.2, 0.25) is 0 Å². The highest BCUT2D eigenvalue weighted by atomic mass is 35.5. The topological polar surface area (TPSA) is 58.7 Å². The Bertz CT molecular complexity index is 351. The fourth-order valence-corrected chi connectivity index (χ4v) is 2.12. The van der Waals surface area contributed by atoms with Gasteiger partial charge in [0.05, 0.1) is 5.57 Å². The molecule has 0 amide bonds. The maximum atomic E-state index is 11.3. The summed E-state index contributed by atoms with van der Waals surface area (Å²) in [4.78, 5) is 15.4. The van der Waals surface area contributed by atoms with Crippen LogP contribution in [0.1, 0.15) is 20.8 Å². The lowest BCUT2D eigenvalue weighted by atomic mass is 10.0. The number of halogens is 1. The van der Waals surface area contributed by atoms with E-state index < -0.39 is 5.12 Å². The molecule has 0 aromatic heterocycles. The van der Waals surface area contributed by atoms with Crippen molar-refractivity contribution in [3.05, 3.63) is 11.3 Å². The van der Waals surface area contributed by atoms with Crippen molar-refractivity contribution >= 4 is 34.5 Å². The van der Waals surface area contributed by atoms with Gasteiger partial charge in [-0.1, -0.05) is 25.4 Å². The first-order valence-corrected chi connectivity index (χ1v) is 5.43. The molecule has 0 saturated heterocycles. The zero-order valence-electron chi connectivity index (χ0n) is 8.86. The SMILES string of the molecule is CC(C)C1=C(C(=O)S)C(Cl)=NC(C)N1N. The zero-order valence-corrected chi connectivity index (χ0v) is 10.5. The van der Waals surface area contributed by atoms with Gasteiger partial charge in [-0.2, -0.15) is 0 Å². The summed E-state index contributed by atoms with van der Waals surface area (Å²) >= 11 is 9.70. The van der Waals surface area contributed by atoms with Crippen molar-refractivity contribution < 1.29 is 4.79 Å². The highest BCUT2D eigenvalue weighted by Gasteiger charge is 2.29. The van der Waals surface area contributed by atoms with E-state index in [9.17, 15) is 4.79 Å². The van der Waals surface area contributed by atoms with Gasteiger partial charge < -0.3 is 0 Å². The molecule has 0 bridgehead atoms. The Balaban J connectivity index is 3.32. The van der Waals surface area contributed by atoms with Crippen molar-refractivity contribution in [3.63, 3.8) is 0 Å². The van der Waals surface area contributed by atoms with E-state index in [0.717, 1.165) is 0 Å². The molecule has 0 aliphatic carbocycles. The second-order valence-electron chi connectivity index (χ2n) is 3.68. The molecule has 0 aromatic rings. The third-order valence-electron chi connectivity index (χ3n) is 2.20. The van der Waals surface area contributed by atoms with E-state index in [4.69, 9.17) is 17.4 Å². The second-order valence-corrected chi connectivity index (χ2v) is 4.44. The van der Waals surface area contributed by atoms with Crippen molar-refractivity contribution in [1.29, 1.82) is 0 Å². The molecule has 0 saturated carbocycles. The van der Waals surface area contributed by atoms with Crippen LogP contribution in [-0.4, -0.2) is 21.5 Å². The number of hydrazine groups is 1. The highest BCUT2D eigenvalue weighted by Crippen LogP contribution is 2.27. The molecule has 1 heterocycles. The lowest BCUT2D eigenvalue weighted by molar-refractivity contribution is -0.107. The molecule has 0 spiro atoms. The smallest absolute Gasteiger partial charge is 0.221 e. The number of hydrogen-bond acceptors (Lipinski definition) is 4. The molecular formula is C9H14ClN3OS. The Hall–Kier alpha value is -0.520. The summed E-state index contributed by atoms with van der Waals surface area (Å²) in [5, 5.41) is 1.24. The fraction of sp³-hybridized carbons (Fsp3) is 0.556. The fourth-order valence-electron chi connectivity index (χ4n) is 1.51. The van der Waals surface area contributed by atoms with E-state index in [1.54, 1.807) is 0 Å². The molecule has 1 aliphatic heterocycles. The van der Waals surface area contributed by atoms with Crippen LogP contribution >= 0.6 is 24.2 Å². The summed E-state index contributed by atoms with van der Waals surface area (Å²) in [5.74, 6) is 5.93. The van der Waals surface area contributed by atoms with Crippen molar-refractivity contribution in [2.75, 3.05) is 0 Å². The van der Waals surface area contributed by atoms with Gasteiger partial charge in [-0.3, -0.25) is 9.80 Å². The van der Waals surface area contributed by atoms with Gasteiger partial charge in [0.15, 0.2) is 0 Å². The molecule has 6 heteroatoms. The van der Waals surface area contributed by atoms with Crippen LogP contribution in [-0.2, 0) is 4.79 Å². The molecule has 0 fully saturated rings. The van der Waals surface area contributed by atoms with Gasteiger partial charge in [0.1, 0.15) is 11.3 Å². The summed E-state index contributed by atoms with van der Waals surface area (Å²) < 4.78 is 0. The Kier molecular flexibility index (Phi) is 3.81. The molecule has 2 N–H and O–H groups in total. The Morgan fingerprint density at radius 1 is 1.67 bits per heavy atom. The summed E-state index contributed by atoms with van der Waals surface area (Å²) in [6.07, 6.45) is -0.258. The third kappa shape index (κ3) is 2.35. The maximum absolute atomic E-state index is 11.3. The van der Waals surface area contributed by atoms with Crippen molar-refractivity contribution in [1.82, 2.24) is 5.01 Å². The van der Waals surface area contributed by atoms with Crippen LogP contribution in [0.4, 0.5) is 0 Å². The van der Waals surface area contributed by atoms with Gasteiger partial charge in [-0.05, 0) is 12.8 Å². The van der Waals surface area contributed by atoms with Gasteiger partial charge in [0.2, 0.25) is 5.12 Å². The number of thiol groups is 1. The summed E-state index contributed by atoms with van der Waals surface area (Å²) in [6.45, 7) is 5.69. The van der Waals surface area contributed by atoms with Crippen molar-refractivity contribution in [2.45, 2.75) is 26.9 Å². The number of nitrogens with two attached hydrogens (primary N) is 1. The molecule has 1 atom stereocenters. The first kappa shape index (κ1) is 12.5. The first-order chi connectivity index (χ1) is 6.86. The molecule has 4 nitrogen and oxygen atoms in total. The van der Waals surface area contributed by atoms with Gasteiger partial charge >= 0.3 is 0 Å². The minimum atomic E-state index is -0.408. The monoisotopic (exact) mass is 247 g/mol. The summed E-state index contributed by atoms with van der Waals surface area (Å²) in [6, 6.07) is 0. The van der Waals surface area contributed by atoms with Gasteiger partial charge in [0.25, 0.3) is 0 Å². The van der Waals surface area contributed by atoms with Crippen LogP contribution in [0, 0.1) is 5.92 Å². The molecular weight excluding hydrogens is 234 g/mol. The Morgan fingerprint density at radius 3 is 2.60 bits per heavy atom. The number of aliphatic imine (C=N–C) groups is 1. The van der Waals surface area contributed by atoms with Crippen LogP contribution in [0.25, 0.3) is 0 Å². The standard InChI is InChI=1S/C9H14ClN3OS/c1-4(2)7-6(9(14)15)8(10)12-5(3)13(7)11/h4-5H,11H2,1-3H3,(H,14,15). The number of carbonyl (C=O) groups is 1. The molecule has 1 unspecified atom stereocenters. The van der Waals surface area contributed by atoms with E-state index in [1.165, 1.54) is 5.01 Å². The molecule has 1 rings (SSSR count). The van der Waals surface area contributed by atoms with Crippen molar-refractivity contribution in [2.24, 2.45) is 16.8 Å². The average Bonchev–Trinajstić information content (AvgIpc) is 2.09. The Morgan fingerprint density at radius 2 is 2.20 bits per heavy atom. The largest absolute Gasteiger partial charge is 0.290 e. The van der Waals surface area contributed by atoms with Crippen molar-refractivity contribution in [3.8, 4) is 0 Å². The predicted molar refractivity (Wildman–Crippen MR) is 64.6 cm³/mol. The number of nitrogens with zero attached hydrogens (tertiary/aromatic N) is 2. The lowest BCUT2D eigenvalue weighted by Crippen LogP contribution is -2.43. The zero-order chi connectivity index (χ0) is 11.7. The third-order valence-corrected chi connectivity index (χ3v) is 2.71. The number of rotatable bonds is 2. The van der Waals surface area contributed by atoms with E-state index in [-0.39, 0.29) is 17.3 Å². The highest BCUT2D eigenvalue weighted by molar-refractivity contribution is 7.97. The molecule has 1 aliphatic rings. The minimum absolute atomic E-state index is 0.0906. The number of allylic oxidation sites excluding steroid dienone is 1. The van der Waals surface area contributed by atoms with Crippen LogP contribution in [0.3, 0.4) is 0 Å². The van der Waals surface area contributed by atoms with Gasteiger partial charge in [-0.15, -0.1) is 12.6 Å². The summed E-state index contributed by atoms with van der Waals surface area (Å²) in [7, 11) is 0. The molecule has 0 aromatic carbocycles. The minimum Gasteiger partial charge on any atom is -0.290 e. The average molecular weight is 248 g/mol. The van der Waals surface area contributed by atoms with Crippen LogP contribution in [0.15, 0.2) is 16.3 Å². The van der Waals surface area contributed by atoms with Gasteiger partial charge in [0, 0.05) is 5.70 Å². The quantitative estimate of drug-likeness (QED) is 0.575. The molecule has 84 valence electrons. The molecule has 0 radical (unpaired) electrons. The second kappa shape index (κ2) is 4.55. The normalized spacial score (nSPS) is 22.2. The predicted octanol–water partition coefficient (Wildman–Crippen LogP) is 1.53. The maximum Gasteiger partial charge on any atom is 0.221 e. The van der Waals surface area contributed by atoms with E-state index >= 15 is 0 Å². The Labute approximate surface area is 99.5 Å². The first-order valence-electron chi connectivity index (χ1n) is 4.61. The number of carbonyl (C=O) groups excluding carboxylic acids is 1. The van der Waals surface area contributed by atoms with Crippen LogP contribution < -0.4 is 5.84 Å². The van der Waals surface area contributed by atoms with Crippen LogP contribution in [0.5, 0.6) is 0 Å². The van der Waals surface area contributed by atoms with E-state index in [2.05, 4.69) is 17.6 Å².